The van der Waals surface area contributed by atoms with E-state index in [1.165, 1.54) is 7.11 Å². The maximum Gasteiger partial charge on any atom is 0.257 e. The van der Waals surface area contributed by atoms with Crippen LogP contribution in [0.1, 0.15) is 28.0 Å². The first-order valence-electron chi connectivity index (χ1n) is 8.40. The molecule has 1 heterocycles. The fourth-order valence-corrected chi connectivity index (χ4v) is 3.71. The van der Waals surface area contributed by atoms with Crippen LogP contribution in [0.25, 0.3) is 10.9 Å². The predicted molar refractivity (Wildman–Crippen MR) is 103 cm³/mol. The Labute approximate surface area is 154 Å². The van der Waals surface area contributed by atoms with Gasteiger partial charge in [0.15, 0.2) is 5.43 Å². The van der Waals surface area contributed by atoms with E-state index in [0.29, 0.717) is 32.9 Å². The molecule has 0 saturated carbocycles. The van der Waals surface area contributed by atoms with Crippen LogP contribution in [0.5, 0.6) is 5.75 Å². The summed E-state index contributed by atoms with van der Waals surface area (Å²) in [6, 6.07) is 10.2. The molecule has 0 spiro atoms. The van der Waals surface area contributed by atoms with Gasteiger partial charge in [0.1, 0.15) is 5.75 Å². The quantitative estimate of drug-likeness (QED) is 0.735. The Morgan fingerprint density at radius 2 is 2.08 bits per heavy atom. The highest BCUT2D eigenvalue weighted by Crippen LogP contribution is 2.28. The minimum atomic E-state index is -0.301. The molecule has 0 bridgehead atoms. The number of anilines is 1. The van der Waals surface area contributed by atoms with E-state index >= 15 is 0 Å². The van der Waals surface area contributed by atoms with Gasteiger partial charge in [-0.25, -0.2) is 0 Å². The number of para-hydroxylation sites is 1. The lowest BCUT2D eigenvalue weighted by atomic mass is 10.1. The standard InChI is InChI=1S/C20H17ClN2O3/c1-26-17-9-8-11(10-15(17)21)22-20(25)14-6-2-5-13-18(14)23-16-7-3-4-12(16)19(13)24/h2,5-6,8-10H,3-4,7H2,1H3,(H,22,25)(H,23,24). The average Bonchev–Trinajstić information content (AvgIpc) is 3.10. The molecule has 0 unspecified atom stereocenters. The van der Waals surface area contributed by atoms with Gasteiger partial charge in [0, 0.05) is 22.3 Å². The Morgan fingerprint density at radius 3 is 2.85 bits per heavy atom. The molecule has 0 radical (unpaired) electrons. The van der Waals surface area contributed by atoms with E-state index in [4.69, 9.17) is 16.3 Å². The summed E-state index contributed by atoms with van der Waals surface area (Å²) >= 11 is 6.11. The first-order chi connectivity index (χ1) is 12.6. The third kappa shape index (κ3) is 2.74. The molecule has 0 saturated heterocycles. The van der Waals surface area contributed by atoms with Crippen molar-refractivity contribution in [3.05, 3.63) is 68.5 Å². The number of fused-ring (bicyclic) bond motifs is 2. The van der Waals surface area contributed by atoms with Crippen molar-refractivity contribution in [2.75, 3.05) is 12.4 Å². The predicted octanol–water partition coefficient (Wildman–Crippen LogP) is 3.93. The van der Waals surface area contributed by atoms with Crippen LogP contribution in [-0.2, 0) is 12.8 Å². The van der Waals surface area contributed by atoms with Crippen molar-refractivity contribution < 1.29 is 9.53 Å². The van der Waals surface area contributed by atoms with Gasteiger partial charge in [0.2, 0.25) is 0 Å². The zero-order chi connectivity index (χ0) is 18.3. The van der Waals surface area contributed by atoms with Gasteiger partial charge in [-0.05, 0) is 49.6 Å². The lowest BCUT2D eigenvalue weighted by Crippen LogP contribution is -2.16. The molecule has 4 rings (SSSR count). The molecule has 5 nitrogen and oxygen atoms in total. The number of benzene rings is 2. The number of aromatic nitrogens is 1. The van der Waals surface area contributed by atoms with E-state index in [0.717, 1.165) is 30.5 Å². The smallest absolute Gasteiger partial charge is 0.257 e. The van der Waals surface area contributed by atoms with Gasteiger partial charge in [-0.2, -0.15) is 0 Å². The molecule has 3 aromatic rings. The van der Waals surface area contributed by atoms with Crippen molar-refractivity contribution in [3.8, 4) is 5.75 Å². The second kappa shape index (κ2) is 6.50. The molecule has 0 aliphatic heterocycles. The minimum Gasteiger partial charge on any atom is -0.495 e. The van der Waals surface area contributed by atoms with Crippen molar-refractivity contribution in [1.29, 1.82) is 0 Å². The molecule has 26 heavy (non-hydrogen) atoms. The van der Waals surface area contributed by atoms with Gasteiger partial charge < -0.3 is 15.0 Å². The summed E-state index contributed by atoms with van der Waals surface area (Å²) in [6.45, 7) is 0. The molecular formula is C20H17ClN2O3. The number of methoxy groups -OCH3 is 1. The molecule has 1 aromatic heterocycles. The summed E-state index contributed by atoms with van der Waals surface area (Å²) in [5, 5.41) is 3.79. The van der Waals surface area contributed by atoms with Crippen LogP contribution in [0.2, 0.25) is 5.02 Å². The summed E-state index contributed by atoms with van der Waals surface area (Å²) in [7, 11) is 1.53. The highest BCUT2D eigenvalue weighted by atomic mass is 35.5. The number of H-pyrrole nitrogens is 1. The second-order valence-corrected chi connectivity index (χ2v) is 6.70. The van der Waals surface area contributed by atoms with Crippen molar-refractivity contribution in [2.45, 2.75) is 19.3 Å². The second-order valence-electron chi connectivity index (χ2n) is 6.30. The maximum atomic E-state index is 12.8. The molecule has 1 aliphatic carbocycles. The average molecular weight is 369 g/mol. The molecule has 2 aromatic carbocycles. The fraction of sp³-hybridized carbons (Fsp3) is 0.200. The SMILES string of the molecule is COc1ccc(NC(=O)c2cccc3c(=O)c4c([nH]c23)CCC4)cc1Cl. The zero-order valence-corrected chi connectivity index (χ0v) is 14.9. The number of aryl methyl sites for hydroxylation is 1. The van der Waals surface area contributed by atoms with Crippen molar-refractivity contribution >= 4 is 34.1 Å². The van der Waals surface area contributed by atoms with Crippen LogP contribution in [0.3, 0.4) is 0 Å². The van der Waals surface area contributed by atoms with E-state index in [2.05, 4.69) is 10.3 Å². The third-order valence-corrected chi connectivity index (χ3v) is 5.03. The topological polar surface area (TPSA) is 71.2 Å². The molecule has 2 N–H and O–H groups in total. The number of hydrogen-bond acceptors (Lipinski definition) is 3. The minimum absolute atomic E-state index is 0.0217. The first kappa shape index (κ1) is 16.7. The van der Waals surface area contributed by atoms with E-state index in [1.54, 1.807) is 36.4 Å². The van der Waals surface area contributed by atoms with Crippen molar-refractivity contribution in [3.63, 3.8) is 0 Å². The van der Waals surface area contributed by atoms with Gasteiger partial charge in [0.05, 0.1) is 23.2 Å². The summed E-state index contributed by atoms with van der Waals surface area (Å²) in [4.78, 5) is 28.8. The van der Waals surface area contributed by atoms with Gasteiger partial charge in [-0.3, -0.25) is 9.59 Å². The largest absolute Gasteiger partial charge is 0.495 e. The molecule has 1 amide bonds. The van der Waals surface area contributed by atoms with E-state index < -0.39 is 0 Å². The lowest BCUT2D eigenvalue weighted by Gasteiger charge is -2.11. The van der Waals surface area contributed by atoms with E-state index in [9.17, 15) is 9.59 Å². The van der Waals surface area contributed by atoms with Crippen LogP contribution in [-0.4, -0.2) is 18.0 Å². The van der Waals surface area contributed by atoms with Gasteiger partial charge in [-0.1, -0.05) is 17.7 Å². The Morgan fingerprint density at radius 1 is 1.23 bits per heavy atom. The molecule has 0 fully saturated rings. The Bertz CT molecular complexity index is 1090. The Hall–Kier alpha value is -2.79. The Balaban J connectivity index is 1.75. The molecule has 0 atom stereocenters. The number of nitrogens with one attached hydrogen (secondary N) is 2. The van der Waals surface area contributed by atoms with Crippen LogP contribution in [0, 0.1) is 0 Å². The summed E-state index contributed by atoms with van der Waals surface area (Å²) in [5.74, 6) is 0.236. The number of halogens is 1. The highest BCUT2D eigenvalue weighted by molar-refractivity contribution is 6.32. The van der Waals surface area contributed by atoms with Gasteiger partial charge in [0.25, 0.3) is 5.91 Å². The van der Waals surface area contributed by atoms with Gasteiger partial charge >= 0.3 is 0 Å². The van der Waals surface area contributed by atoms with Crippen molar-refractivity contribution in [2.24, 2.45) is 0 Å². The van der Waals surface area contributed by atoms with Crippen LogP contribution in [0.4, 0.5) is 5.69 Å². The number of aromatic amines is 1. The summed E-state index contributed by atoms with van der Waals surface area (Å²) in [5.41, 5.74) is 3.37. The number of carbonyl (C=O) groups excluding carboxylic acids is 1. The monoisotopic (exact) mass is 368 g/mol. The third-order valence-electron chi connectivity index (χ3n) is 4.73. The molecule has 132 valence electrons. The van der Waals surface area contributed by atoms with Gasteiger partial charge in [-0.15, -0.1) is 0 Å². The zero-order valence-electron chi connectivity index (χ0n) is 14.2. The van der Waals surface area contributed by atoms with Crippen LogP contribution in [0.15, 0.2) is 41.2 Å². The normalized spacial score (nSPS) is 12.8. The van der Waals surface area contributed by atoms with Crippen LogP contribution >= 0.6 is 11.6 Å². The van der Waals surface area contributed by atoms with E-state index in [-0.39, 0.29) is 11.3 Å². The molecule has 6 heteroatoms. The number of pyridine rings is 1. The molecule has 1 aliphatic rings. The highest BCUT2D eigenvalue weighted by Gasteiger charge is 2.20. The number of rotatable bonds is 3. The maximum absolute atomic E-state index is 12.8. The lowest BCUT2D eigenvalue weighted by molar-refractivity contribution is 0.102. The number of hydrogen-bond donors (Lipinski definition) is 2. The number of amides is 1. The summed E-state index contributed by atoms with van der Waals surface area (Å²) < 4.78 is 5.12. The first-order valence-corrected chi connectivity index (χ1v) is 8.78. The van der Waals surface area contributed by atoms with Crippen LogP contribution < -0.4 is 15.5 Å². The van der Waals surface area contributed by atoms with Crippen molar-refractivity contribution in [1.82, 2.24) is 4.98 Å². The summed E-state index contributed by atoms with van der Waals surface area (Å²) in [6.07, 6.45) is 2.59. The molecular weight excluding hydrogens is 352 g/mol. The Kier molecular flexibility index (Phi) is 4.17. The van der Waals surface area contributed by atoms with E-state index in [1.807, 2.05) is 0 Å². The number of carbonyl (C=O) groups is 1. The number of ether oxygens (including phenoxy) is 1. The fourth-order valence-electron chi connectivity index (χ4n) is 3.45.